The number of rotatable bonds is 5. The summed E-state index contributed by atoms with van der Waals surface area (Å²) in [5.41, 5.74) is -0.138. The number of nitrogens with zero attached hydrogens (tertiary/aromatic N) is 1. The molecule has 1 aromatic rings. The lowest BCUT2D eigenvalue weighted by atomic mass is 10.1. The number of methoxy groups -OCH3 is 2. The minimum absolute atomic E-state index is 0.192. The lowest BCUT2D eigenvalue weighted by Gasteiger charge is -2.19. The molecule has 6 heteroatoms. The van der Waals surface area contributed by atoms with Gasteiger partial charge in [-0.25, -0.2) is 9.78 Å². The SMILES string of the molecule is COCc1nc(C(C)(C)OC)sc1C(=O)O. The Balaban J connectivity index is 3.15. The molecule has 0 fully saturated rings. The number of carboxylic acids is 1. The number of hydrogen-bond donors (Lipinski definition) is 1. The molecular weight excluding hydrogens is 230 g/mol. The number of aromatic carboxylic acids is 1. The summed E-state index contributed by atoms with van der Waals surface area (Å²) in [5, 5.41) is 9.66. The molecule has 0 unspecified atom stereocenters. The summed E-state index contributed by atoms with van der Waals surface area (Å²) in [6.45, 7) is 3.88. The maximum atomic E-state index is 11.0. The fourth-order valence-electron chi connectivity index (χ4n) is 1.10. The van der Waals surface area contributed by atoms with Crippen molar-refractivity contribution in [1.29, 1.82) is 0 Å². The molecule has 0 aliphatic heterocycles. The number of carbonyl (C=O) groups is 1. The molecule has 0 saturated heterocycles. The number of carboxylic acid groups (broad SMARTS) is 1. The van der Waals surface area contributed by atoms with E-state index in [1.54, 1.807) is 7.11 Å². The molecule has 90 valence electrons. The van der Waals surface area contributed by atoms with Gasteiger partial charge in [-0.1, -0.05) is 0 Å². The van der Waals surface area contributed by atoms with Gasteiger partial charge in [-0.3, -0.25) is 0 Å². The lowest BCUT2D eigenvalue weighted by molar-refractivity contribution is 0.0187. The monoisotopic (exact) mass is 245 g/mol. The smallest absolute Gasteiger partial charge is 0.347 e. The molecule has 0 radical (unpaired) electrons. The molecule has 0 saturated carbocycles. The lowest BCUT2D eigenvalue weighted by Crippen LogP contribution is -2.19. The van der Waals surface area contributed by atoms with Crippen molar-refractivity contribution in [2.45, 2.75) is 26.1 Å². The fraction of sp³-hybridized carbons (Fsp3) is 0.600. The van der Waals surface area contributed by atoms with Crippen molar-refractivity contribution in [1.82, 2.24) is 4.98 Å². The molecular formula is C10H15NO4S. The summed E-state index contributed by atoms with van der Waals surface area (Å²) >= 11 is 1.12. The molecule has 0 aliphatic rings. The Hall–Kier alpha value is -0.980. The van der Waals surface area contributed by atoms with Gasteiger partial charge < -0.3 is 14.6 Å². The van der Waals surface area contributed by atoms with Crippen molar-refractivity contribution in [3.8, 4) is 0 Å². The van der Waals surface area contributed by atoms with Gasteiger partial charge in [-0.05, 0) is 13.8 Å². The first-order valence-corrected chi connectivity index (χ1v) is 5.51. The minimum Gasteiger partial charge on any atom is -0.477 e. The van der Waals surface area contributed by atoms with Gasteiger partial charge in [0.2, 0.25) is 0 Å². The quantitative estimate of drug-likeness (QED) is 0.857. The van der Waals surface area contributed by atoms with Crippen LogP contribution in [0.1, 0.15) is 34.2 Å². The summed E-state index contributed by atoms with van der Waals surface area (Å²) in [6.07, 6.45) is 0. The number of thiazole rings is 1. The van der Waals surface area contributed by atoms with Crippen LogP contribution in [-0.2, 0) is 21.7 Å². The van der Waals surface area contributed by atoms with E-state index in [-0.39, 0.29) is 11.5 Å². The van der Waals surface area contributed by atoms with E-state index in [1.807, 2.05) is 13.8 Å². The molecule has 1 N–H and O–H groups in total. The number of ether oxygens (including phenoxy) is 2. The van der Waals surface area contributed by atoms with Gasteiger partial charge in [0.05, 0.1) is 12.3 Å². The Morgan fingerprint density at radius 1 is 1.50 bits per heavy atom. The topological polar surface area (TPSA) is 68.7 Å². The predicted octanol–water partition coefficient (Wildman–Crippen LogP) is 1.87. The summed E-state index contributed by atoms with van der Waals surface area (Å²) in [5.74, 6) is -0.984. The van der Waals surface area contributed by atoms with Crippen LogP contribution in [0.3, 0.4) is 0 Å². The maximum Gasteiger partial charge on any atom is 0.347 e. The molecule has 1 rings (SSSR count). The fourth-order valence-corrected chi connectivity index (χ4v) is 2.09. The van der Waals surface area contributed by atoms with Gasteiger partial charge in [0.1, 0.15) is 15.5 Å². The second-order valence-electron chi connectivity index (χ2n) is 3.75. The molecule has 0 atom stereocenters. The molecule has 0 amide bonds. The summed E-state index contributed by atoms with van der Waals surface area (Å²) < 4.78 is 10.2. The van der Waals surface area contributed by atoms with Crippen LogP contribution >= 0.6 is 11.3 Å². The van der Waals surface area contributed by atoms with Gasteiger partial charge >= 0.3 is 5.97 Å². The molecule has 0 aromatic carbocycles. The third-order valence-electron chi connectivity index (χ3n) is 2.20. The van der Waals surface area contributed by atoms with Crippen molar-refractivity contribution in [2.75, 3.05) is 14.2 Å². The van der Waals surface area contributed by atoms with E-state index in [2.05, 4.69) is 4.98 Å². The van der Waals surface area contributed by atoms with E-state index >= 15 is 0 Å². The van der Waals surface area contributed by atoms with Crippen molar-refractivity contribution in [2.24, 2.45) is 0 Å². The van der Waals surface area contributed by atoms with Crippen LogP contribution in [0, 0.1) is 0 Å². The standard InChI is InChI=1S/C10H15NO4S/c1-10(2,15-4)9-11-6(5-14-3)7(16-9)8(12)13/h5H2,1-4H3,(H,12,13). The average molecular weight is 245 g/mol. The first-order chi connectivity index (χ1) is 7.42. The van der Waals surface area contributed by atoms with Crippen LogP contribution in [0.4, 0.5) is 0 Å². The van der Waals surface area contributed by atoms with E-state index in [0.29, 0.717) is 10.7 Å². The highest BCUT2D eigenvalue weighted by Gasteiger charge is 2.27. The minimum atomic E-state index is -0.984. The molecule has 1 aromatic heterocycles. The van der Waals surface area contributed by atoms with Gasteiger partial charge in [-0.15, -0.1) is 11.3 Å². The van der Waals surface area contributed by atoms with Gasteiger partial charge in [0.25, 0.3) is 0 Å². The van der Waals surface area contributed by atoms with Crippen LogP contribution in [0.5, 0.6) is 0 Å². The number of hydrogen-bond acceptors (Lipinski definition) is 5. The highest BCUT2D eigenvalue weighted by atomic mass is 32.1. The van der Waals surface area contributed by atoms with Crippen LogP contribution in [-0.4, -0.2) is 30.3 Å². The highest BCUT2D eigenvalue weighted by Crippen LogP contribution is 2.30. The predicted molar refractivity (Wildman–Crippen MR) is 59.8 cm³/mol. The second-order valence-corrected chi connectivity index (χ2v) is 4.75. The zero-order valence-corrected chi connectivity index (χ0v) is 10.6. The van der Waals surface area contributed by atoms with Crippen molar-refractivity contribution < 1.29 is 19.4 Å². The average Bonchev–Trinajstić information content (AvgIpc) is 2.63. The van der Waals surface area contributed by atoms with E-state index in [1.165, 1.54) is 7.11 Å². The first kappa shape index (κ1) is 13.1. The maximum absolute atomic E-state index is 11.0. The van der Waals surface area contributed by atoms with E-state index < -0.39 is 11.6 Å². The van der Waals surface area contributed by atoms with E-state index in [0.717, 1.165) is 11.3 Å². The molecule has 0 bridgehead atoms. The Morgan fingerprint density at radius 3 is 2.56 bits per heavy atom. The van der Waals surface area contributed by atoms with E-state index in [4.69, 9.17) is 14.6 Å². The van der Waals surface area contributed by atoms with Gasteiger partial charge in [0, 0.05) is 14.2 Å². The normalized spacial score (nSPS) is 11.8. The van der Waals surface area contributed by atoms with E-state index in [9.17, 15) is 4.79 Å². The zero-order chi connectivity index (χ0) is 12.3. The largest absolute Gasteiger partial charge is 0.477 e. The Labute approximate surface area is 98.0 Å². The Morgan fingerprint density at radius 2 is 2.12 bits per heavy atom. The Kier molecular flexibility index (Phi) is 4.01. The summed E-state index contributed by atoms with van der Waals surface area (Å²) in [6, 6.07) is 0. The van der Waals surface area contributed by atoms with Crippen LogP contribution in [0.25, 0.3) is 0 Å². The van der Waals surface area contributed by atoms with Crippen molar-refractivity contribution in [3.05, 3.63) is 15.6 Å². The van der Waals surface area contributed by atoms with Crippen LogP contribution < -0.4 is 0 Å². The molecule has 5 nitrogen and oxygen atoms in total. The first-order valence-electron chi connectivity index (χ1n) is 4.70. The van der Waals surface area contributed by atoms with Crippen molar-refractivity contribution >= 4 is 17.3 Å². The highest BCUT2D eigenvalue weighted by molar-refractivity contribution is 7.13. The molecule has 0 spiro atoms. The third-order valence-corrected chi connectivity index (χ3v) is 3.59. The second kappa shape index (κ2) is 4.90. The molecule has 0 aliphatic carbocycles. The summed E-state index contributed by atoms with van der Waals surface area (Å²) in [7, 11) is 3.07. The van der Waals surface area contributed by atoms with Gasteiger partial charge in [0.15, 0.2) is 0 Å². The summed E-state index contributed by atoms with van der Waals surface area (Å²) in [4.78, 5) is 15.5. The number of aromatic nitrogens is 1. The Bertz CT molecular complexity index is 386. The van der Waals surface area contributed by atoms with Crippen LogP contribution in [0.15, 0.2) is 0 Å². The third kappa shape index (κ3) is 2.58. The van der Waals surface area contributed by atoms with Crippen LogP contribution in [0.2, 0.25) is 0 Å². The van der Waals surface area contributed by atoms with Crippen molar-refractivity contribution in [3.63, 3.8) is 0 Å². The van der Waals surface area contributed by atoms with Gasteiger partial charge in [-0.2, -0.15) is 0 Å². The molecule has 1 heterocycles. The zero-order valence-electron chi connectivity index (χ0n) is 9.73. The molecule has 16 heavy (non-hydrogen) atoms.